The number of nitrogens with zero attached hydrogens (tertiary/aromatic N) is 1. The molecule has 0 radical (unpaired) electrons. The van der Waals surface area contributed by atoms with Crippen molar-refractivity contribution in [2.24, 2.45) is 5.92 Å². The lowest BCUT2D eigenvalue weighted by Crippen LogP contribution is -2.51. The molecule has 2 saturated heterocycles. The van der Waals surface area contributed by atoms with Gasteiger partial charge in [-0.2, -0.15) is 0 Å². The van der Waals surface area contributed by atoms with E-state index in [4.69, 9.17) is 9.47 Å². The predicted molar refractivity (Wildman–Crippen MR) is 119 cm³/mol. The monoisotopic (exact) mass is 408 g/mol. The smallest absolute Gasteiger partial charge is 0.321 e. The van der Waals surface area contributed by atoms with Crippen molar-refractivity contribution in [2.45, 2.75) is 44.6 Å². The lowest BCUT2D eigenvalue weighted by Gasteiger charge is -2.46. The normalized spacial score (nSPS) is 20.7. The summed E-state index contributed by atoms with van der Waals surface area (Å²) in [5.41, 5.74) is 2.06. The van der Waals surface area contributed by atoms with E-state index in [1.165, 1.54) is 5.56 Å². The van der Waals surface area contributed by atoms with Crippen molar-refractivity contribution in [2.75, 3.05) is 31.6 Å². The summed E-state index contributed by atoms with van der Waals surface area (Å²) >= 11 is 0. The highest BCUT2D eigenvalue weighted by Crippen LogP contribution is 2.39. The zero-order valence-electron chi connectivity index (χ0n) is 17.8. The van der Waals surface area contributed by atoms with Crippen LogP contribution in [0, 0.1) is 5.92 Å². The fraction of sp³-hybridized carbons (Fsp3) is 0.480. The number of hydrogen-bond donors (Lipinski definition) is 1. The molecule has 30 heavy (non-hydrogen) atoms. The molecule has 2 aromatic carbocycles. The van der Waals surface area contributed by atoms with E-state index in [2.05, 4.69) is 35.6 Å². The van der Waals surface area contributed by atoms with Gasteiger partial charge in [-0.1, -0.05) is 42.5 Å². The van der Waals surface area contributed by atoms with Crippen LogP contribution in [0.2, 0.25) is 0 Å². The molecule has 160 valence electrons. The summed E-state index contributed by atoms with van der Waals surface area (Å²) in [7, 11) is 0. The molecule has 2 aliphatic rings. The number of piperidine rings is 1. The van der Waals surface area contributed by atoms with Gasteiger partial charge in [-0.3, -0.25) is 0 Å². The number of ether oxygens (including phenoxy) is 2. The van der Waals surface area contributed by atoms with E-state index in [1.807, 2.05) is 36.1 Å². The first kappa shape index (κ1) is 20.7. The topological polar surface area (TPSA) is 50.8 Å². The molecule has 1 unspecified atom stereocenters. The molecule has 1 spiro atoms. The molecule has 0 aliphatic carbocycles. The molecule has 2 heterocycles. The first-order chi connectivity index (χ1) is 14.7. The Morgan fingerprint density at radius 2 is 1.87 bits per heavy atom. The van der Waals surface area contributed by atoms with Gasteiger partial charge < -0.3 is 19.7 Å². The van der Waals surface area contributed by atoms with Crippen molar-refractivity contribution < 1.29 is 14.3 Å². The van der Waals surface area contributed by atoms with Crippen LogP contribution in [-0.2, 0) is 11.2 Å². The molecular weight excluding hydrogens is 376 g/mol. The molecule has 2 aromatic rings. The second-order valence-corrected chi connectivity index (χ2v) is 8.43. The summed E-state index contributed by atoms with van der Waals surface area (Å²) in [6, 6.07) is 18.3. The number of nitrogens with one attached hydrogen (secondary N) is 1. The third-order valence-corrected chi connectivity index (χ3v) is 6.35. The number of rotatable bonds is 5. The highest BCUT2D eigenvalue weighted by Gasteiger charge is 2.41. The van der Waals surface area contributed by atoms with Crippen LogP contribution < -0.4 is 10.1 Å². The Morgan fingerprint density at radius 1 is 1.13 bits per heavy atom. The lowest BCUT2D eigenvalue weighted by molar-refractivity contribution is -0.122. The van der Waals surface area contributed by atoms with Crippen molar-refractivity contribution in [1.82, 2.24) is 4.90 Å². The standard InChI is InChI=1S/C25H32N2O3/c1-2-29-23-11-7-6-10-22(23)26-24(28)27-15-13-25(14-16-27)19-21(12-17-30-25)18-20-8-4-3-5-9-20/h3-11,21H,2,12-19H2,1H3,(H,26,28). The highest BCUT2D eigenvalue weighted by molar-refractivity contribution is 5.91. The molecule has 0 saturated carbocycles. The second-order valence-electron chi connectivity index (χ2n) is 8.43. The fourth-order valence-corrected chi connectivity index (χ4v) is 4.76. The largest absolute Gasteiger partial charge is 0.492 e. The Morgan fingerprint density at radius 3 is 2.63 bits per heavy atom. The van der Waals surface area contributed by atoms with E-state index in [9.17, 15) is 4.79 Å². The predicted octanol–water partition coefficient (Wildman–Crippen LogP) is 5.12. The molecule has 5 heteroatoms. The fourth-order valence-electron chi connectivity index (χ4n) is 4.76. The minimum absolute atomic E-state index is 0.0614. The third-order valence-electron chi connectivity index (χ3n) is 6.35. The Bertz CT molecular complexity index is 831. The van der Waals surface area contributed by atoms with Gasteiger partial charge in [-0.25, -0.2) is 4.79 Å². The quantitative estimate of drug-likeness (QED) is 0.747. The molecular formula is C25H32N2O3. The molecule has 0 aromatic heterocycles. The Labute approximate surface area is 179 Å². The zero-order chi connectivity index (χ0) is 20.8. The van der Waals surface area contributed by atoms with Crippen LogP contribution in [0.5, 0.6) is 5.75 Å². The summed E-state index contributed by atoms with van der Waals surface area (Å²) in [4.78, 5) is 14.7. The number of hydrogen-bond acceptors (Lipinski definition) is 3. The number of carbonyl (C=O) groups is 1. The maximum atomic E-state index is 12.8. The van der Waals surface area contributed by atoms with Gasteiger partial charge in [0.2, 0.25) is 0 Å². The van der Waals surface area contributed by atoms with Crippen LogP contribution in [0.4, 0.5) is 10.5 Å². The molecule has 0 bridgehead atoms. The van der Waals surface area contributed by atoms with E-state index in [1.54, 1.807) is 0 Å². The van der Waals surface area contributed by atoms with Crippen LogP contribution in [0.3, 0.4) is 0 Å². The number of likely N-dealkylation sites (tertiary alicyclic amines) is 1. The van der Waals surface area contributed by atoms with E-state index in [0.717, 1.165) is 57.5 Å². The van der Waals surface area contributed by atoms with Gasteiger partial charge in [-0.05, 0) is 62.6 Å². The number of carbonyl (C=O) groups excluding carboxylic acids is 1. The van der Waals surface area contributed by atoms with E-state index >= 15 is 0 Å². The van der Waals surface area contributed by atoms with Crippen molar-refractivity contribution in [3.63, 3.8) is 0 Å². The zero-order valence-corrected chi connectivity index (χ0v) is 17.8. The molecule has 2 aliphatic heterocycles. The Hall–Kier alpha value is -2.53. The number of benzene rings is 2. The SMILES string of the molecule is CCOc1ccccc1NC(=O)N1CCC2(CC1)CC(Cc1ccccc1)CCO2. The summed E-state index contributed by atoms with van der Waals surface area (Å²) in [6.07, 6.45) is 5.13. The lowest BCUT2D eigenvalue weighted by atomic mass is 9.77. The highest BCUT2D eigenvalue weighted by atomic mass is 16.5. The van der Waals surface area contributed by atoms with Gasteiger partial charge in [0, 0.05) is 19.7 Å². The minimum atomic E-state index is -0.0717. The average molecular weight is 409 g/mol. The van der Waals surface area contributed by atoms with Gasteiger partial charge in [-0.15, -0.1) is 0 Å². The van der Waals surface area contributed by atoms with Crippen LogP contribution in [0.25, 0.3) is 0 Å². The minimum Gasteiger partial charge on any atom is -0.492 e. The molecule has 5 nitrogen and oxygen atoms in total. The summed E-state index contributed by atoms with van der Waals surface area (Å²) in [6.45, 7) is 4.78. The van der Waals surface area contributed by atoms with Gasteiger partial charge in [0.25, 0.3) is 0 Å². The summed E-state index contributed by atoms with van der Waals surface area (Å²) in [5.74, 6) is 1.36. The molecule has 2 amide bonds. The number of amides is 2. The van der Waals surface area contributed by atoms with E-state index in [0.29, 0.717) is 18.3 Å². The summed E-state index contributed by atoms with van der Waals surface area (Å²) in [5, 5.41) is 3.02. The van der Waals surface area contributed by atoms with Crippen molar-refractivity contribution in [3.8, 4) is 5.75 Å². The van der Waals surface area contributed by atoms with E-state index < -0.39 is 0 Å². The van der Waals surface area contributed by atoms with Gasteiger partial charge in [0.1, 0.15) is 5.75 Å². The first-order valence-corrected chi connectivity index (χ1v) is 11.1. The van der Waals surface area contributed by atoms with E-state index in [-0.39, 0.29) is 11.6 Å². The Kier molecular flexibility index (Phi) is 6.58. The number of anilines is 1. The maximum Gasteiger partial charge on any atom is 0.321 e. The van der Waals surface area contributed by atoms with Crippen molar-refractivity contribution in [3.05, 3.63) is 60.2 Å². The van der Waals surface area contributed by atoms with Crippen LogP contribution in [-0.4, -0.2) is 42.8 Å². The van der Waals surface area contributed by atoms with Gasteiger partial charge in [0.15, 0.2) is 0 Å². The molecule has 1 atom stereocenters. The summed E-state index contributed by atoms with van der Waals surface area (Å²) < 4.78 is 11.9. The van der Waals surface area contributed by atoms with Crippen molar-refractivity contribution in [1.29, 1.82) is 0 Å². The average Bonchev–Trinajstić information content (AvgIpc) is 2.77. The molecule has 4 rings (SSSR count). The van der Waals surface area contributed by atoms with Gasteiger partial charge in [0.05, 0.1) is 17.9 Å². The Balaban J connectivity index is 1.32. The first-order valence-electron chi connectivity index (χ1n) is 11.1. The van der Waals surface area contributed by atoms with Crippen LogP contribution in [0.1, 0.15) is 38.2 Å². The maximum absolute atomic E-state index is 12.8. The van der Waals surface area contributed by atoms with Crippen LogP contribution >= 0.6 is 0 Å². The number of para-hydroxylation sites is 2. The van der Waals surface area contributed by atoms with Crippen molar-refractivity contribution >= 4 is 11.7 Å². The van der Waals surface area contributed by atoms with Crippen LogP contribution in [0.15, 0.2) is 54.6 Å². The number of urea groups is 1. The van der Waals surface area contributed by atoms with Gasteiger partial charge >= 0.3 is 6.03 Å². The molecule has 2 fully saturated rings. The third kappa shape index (κ3) is 4.96. The molecule has 1 N–H and O–H groups in total. The second kappa shape index (κ2) is 9.52.